The van der Waals surface area contributed by atoms with Gasteiger partial charge in [0, 0.05) is 50.1 Å². The van der Waals surface area contributed by atoms with Crippen LogP contribution in [0.4, 0.5) is 0 Å². The van der Waals surface area contributed by atoms with Gasteiger partial charge < -0.3 is 20.1 Å². The summed E-state index contributed by atoms with van der Waals surface area (Å²) in [4.78, 5) is 19.6. The van der Waals surface area contributed by atoms with Gasteiger partial charge in [-0.15, -0.1) is 10.2 Å². The van der Waals surface area contributed by atoms with E-state index in [0.29, 0.717) is 18.5 Å². The second-order valence-electron chi connectivity index (χ2n) is 8.30. The predicted octanol–water partition coefficient (Wildman–Crippen LogP) is 2.09. The number of guanidine groups is 1. The molecule has 30 heavy (non-hydrogen) atoms. The van der Waals surface area contributed by atoms with Gasteiger partial charge in [-0.05, 0) is 39.0 Å². The second-order valence-corrected chi connectivity index (χ2v) is 9.52. The number of hydrogen-bond acceptors (Lipinski definition) is 5. The number of carbonyl (C=O) groups excluding carboxylic acids is 1. The Balaban J connectivity index is 1.52. The first-order valence-electron chi connectivity index (χ1n) is 11.3. The summed E-state index contributed by atoms with van der Waals surface area (Å²) in [5.41, 5.74) is 0. The number of rotatable bonds is 7. The molecule has 0 atom stereocenters. The molecule has 8 nitrogen and oxygen atoms in total. The van der Waals surface area contributed by atoms with E-state index in [0.717, 1.165) is 87.3 Å². The normalized spacial score (nSPS) is 22.8. The monoisotopic (exact) mass is 435 g/mol. The van der Waals surface area contributed by atoms with Gasteiger partial charge in [0.2, 0.25) is 5.91 Å². The zero-order valence-electron chi connectivity index (χ0n) is 18.7. The second kappa shape index (κ2) is 11.6. The first-order chi connectivity index (χ1) is 14.6. The Kier molecular flexibility index (Phi) is 8.84. The van der Waals surface area contributed by atoms with Gasteiger partial charge in [0.05, 0.1) is 0 Å². The molecule has 1 saturated carbocycles. The Morgan fingerprint density at radius 3 is 2.57 bits per heavy atom. The van der Waals surface area contributed by atoms with E-state index in [1.54, 1.807) is 0 Å². The van der Waals surface area contributed by atoms with Crippen molar-refractivity contribution in [2.24, 2.45) is 18.0 Å². The number of amides is 1. The number of aromatic nitrogens is 3. The molecule has 0 spiro atoms. The van der Waals surface area contributed by atoms with Gasteiger partial charge in [-0.1, -0.05) is 13.3 Å². The largest absolute Gasteiger partial charge is 0.356 e. The number of thioether (sulfide) groups is 1. The Labute approximate surface area is 184 Å². The summed E-state index contributed by atoms with van der Waals surface area (Å²) in [6.45, 7) is 7.37. The van der Waals surface area contributed by atoms with Crippen molar-refractivity contribution >= 4 is 23.6 Å². The van der Waals surface area contributed by atoms with Crippen molar-refractivity contribution in [3.8, 4) is 0 Å². The van der Waals surface area contributed by atoms with Crippen LogP contribution < -0.4 is 10.6 Å². The maximum absolute atomic E-state index is 12.8. The number of hydrogen-bond donors (Lipinski definition) is 2. The number of unbranched alkanes of at least 4 members (excludes halogenated alkanes) is 1. The van der Waals surface area contributed by atoms with E-state index in [2.05, 4.69) is 32.7 Å². The van der Waals surface area contributed by atoms with Gasteiger partial charge in [-0.2, -0.15) is 11.8 Å². The molecule has 1 aliphatic carbocycles. The Morgan fingerprint density at radius 1 is 1.20 bits per heavy atom. The molecule has 1 aromatic heterocycles. The molecule has 1 saturated heterocycles. The lowest BCUT2D eigenvalue weighted by Gasteiger charge is -2.34. The van der Waals surface area contributed by atoms with Crippen LogP contribution in [0, 0.1) is 12.8 Å². The molecule has 2 fully saturated rings. The molecule has 2 N–H and O–H groups in total. The van der Waals surface area contributed by atoms with Crippen LogP contribution in [0.2, 0.25) is 0 Å². The van der Waals surface area contributed by atoms with Crippen molar-refractivity contribution in [3.63, 3.8) is 0 Å². The molecule has 9 heteroatoms. The fourth-order valence-corrected chi connectivity index (χ4v) is 4.90. The fraction of sp³-hybridized carbons (Fsp3) is 0.810. The number of aliphatic imine (C=N–C) groups is 1. The van der Waals surface area contributed by atoms with Crippen molar-refractivity contribution < 1.29 is 4.79 Å². The topological polar surface area (TPSA) is 87.4 Å². The van der Waals surface area contributed by atoms with Crippen LogP contribution >= 0.6 is 11.8 Å². The van der Waals surface area contributed by atoms with Gasteiger partial charge in [0.15, 0.2) is 11.8 Å². The minimum atomic E-state index is 0.196. The number of carbonyl (C=O) groups is 1. The average Bonchev–Trinajstić information content (AvgIpc) is 3.10. The van der Waals surface area contributed by atoms with E-state index < -0.39 is 0 Å². The van der Waals surface area contributed by atoms with Crippen LogP contribution in [0.15, 0.2) is 4.99 Å². The molecule has 168 valence electrons. The van der Waals surface area contributed by atoms with Crippen LogP contribution in [-0.2, 0) is 18.4 Å². The fourth-order valence-electron chi connectivity index (χ4n) is 3.99. The number of nitrogens with one attached hydrogen (secondary N) is 2. The average molecular weight is 436 g/mol. The maximum Gasteiger partial charge on any atom is 0.225 e. The smallest absolute Gasteiger partial charge is 0.225 e. The van der Waals surface area contributed by atoms with E-state index >= 15 is 0 Å². The van der Waals surface area contributed by atoms with Crippen LogP contribution in [0.3, 0.4) is 0 Å². The van der Waals surface area contributed by atoms with Crippen molar-refractivity contribution in [3.05, 3.63) is 11.6 Å². The van der Waals surface area contributed by atoms with Crippen LogP contribution in [0.25, 0.3) is 0 Å². The molecule has 0 bridgehead atoms. The highest BCUT2D eigenvalue weighted by Gasteiger charge is 2.30. The highest BCUT2D eigenvalue weighted by Crippen LogP contribution is 2.27. The van der Waals surface area contributed by atoms with E-state index in [1.165, 1.54) is 0 Å². The minimum Gasteiger partial charge on any atom is -0.356 e. The molecule has 0 unspecified atom stereocenters. The summed E-state index contributed by atoms with van der Waals surface area (Å²) in [7, 11) is 1.97. The number of nitrogens with zero attached hydrogens (tertiary/aromatic N) is 5. The lowest BCUT2D eigenvalue weighted by Crippen LogP contribution is -2.47. The molecule has 1 aliphatic heterocycles. The molecule has 2 aliphatic rings. The lowest BCUT2D eigenvalue weighted by atomic mass is 9.85. The van der Waals surface area contributed by atoms with Crippen molar-refractivity contribution in [1.29, 1.82) is 0 Å². The summed E-state index contributed by atoms with van der Waals surface area (Å²) in [5, 5.41) is 15.4. The summed E-state index contributed by atoms with van der Waals surface area (Å²) in [6.07, 6.45) is 6.20. The van der Waals surface area contributed by atoms with Crippen molar-refractivity contribution in [2.45, 2.75) is 65.0 Å². The molecular formula is C21H37N7OS. The Morgan fingerprint density at radius 2 is 1.93 bits per heavy atom. The standard InChI is InChI=1S/C21H37N7OS/c1-4-5-10-22-21(23-15-19-26-25-16(2)27(19)3)24-18-8-6-17(7-9-18)20(29)28-11-13-30-14-12-28/h17-18H,4-15H2,1-3H3,(H2,22,23,24). The zero-order valence-corrected chi connectivity index (χ0v) is 19.5. The minimum absolute atomic E-state index is 0.196. The molecular weight excluding hydrogens is 398 g/mol. The summed E-state index contributed by atoms with van der Waals surface area (Å²) >= 11 is 1.95. The van der Waals surface area contributed by atoms with E-state index in [1.807, 2.05) is 30.3 Å². The van der Waals surface area contributed by atoms with E-state index in [4.69, 9.17) is 4.99 Å². The van der Waals surface area contributed by atoms with Gasteiger partial charge in [-0.25, -0.2) is 4.99 Å². The SMILES string of the molecule is CCCCNC(=NCc1nnc(C)n1C)NC1CCC(C(=O)N2CCSCC2)CC1. The van der Waals surface area contributed by atoms with Gasteiger partial charge in [0.25, 0.3) is 0 Å². The van der Waals surface area contributed by atoms with Crippen LogP contribution in [0.5, 0.6) is 0 Å². The zero-order chi connectivity index (χ0) is 21.3. The van der Waals surface area contributed by atoms with E-state index in [9.17, 15) is 4.79 Å². The Hall–Kier alpha value is -1.77. The molecule has 1 aromatic rings. The first-order valence-corrected chi connectivity index (χ1v) is 12.5. The highest BCUT2D eigenvalue weighted by atomic mass is 32.2. The summed E-state index contributed by atoms with van der Waals surface area (Å²) in [6, 6.07) is 0.361. The summed E-state index contributed by atoms with van der Waals surface area (Å²) in [5.74, 6) is 5.32. The van der Waals surface area contributed by atoms with Crippen LogP contribution in [0.1, 0.15) is 57.1 Å². The molecule has 1 amide bonds. The summed E-state index contributed by atoms with van der Waals surface area (Å²) < 4.78 is 1.98. The first kappa shape index (κ1) is 22.9. The molecule has 0 aromatic carbocycles. The van der Waals surface area contributed by atoms with Crippen LogP contribution in [-0.4, -0.2) is 68.7 Å². The van der Waals surface area contributed by atoms with E-state index in [-0.39, 0.29) is 5.92 Å². The molecule has 2 heterocycles. The predicted molar refractivity (Wildman–Crippen MR) is 123 cm³/mol. The third-order valence-corrected chi connectivity index (χ3v) is 7.07. The quantitative estimate of drug-likeness (QED) is 0.387. The Bertz CT molecular complexity index is 706. The van der Waals surface area contributed by atoms with Crippen molar-refractivity contribution in [1.82, 2.24) is 30.3 Å². The highest BCUT2D eigenvalue weighted by molar-refractivity contribution is 7.99. The maximum atomic E-state index is 12.8. The van der Waals surface area contributed by atoms with Gasteiger partial charge in [0.1, 0.15) is 12.4 Å². The van der Waals surface area contributed by atoms with Gasteiger partial charge >= 0.3 is 0 Å². The molecule has 3 rings (SSSR count). The third kappa shape index (κ3) is 6.36. The number of aryl methyl sites for hydroxylation is 1. The molecule has 0 radical (unpaired) electrons. The van der Waals surface area contributed by atoms with Gasteiger partial charge in [-0.3, -0.25) is 4.79 Å². The third-order valence-electron chi connectivity index (χ3n) is 6.12. The van der Waals surface area contributed by atoms with Crippen molar-refractivity contribution in [2.75, 3.05) is 31.1 Å². The lowest BCUT2D eigenvalue weighted by molar-refractivity contribution is -0.136.